The number of carbonyl (C=O) groups excluding carboxylic acids is 1. The Morgan fingerprint density at radius 1 is 1.65 bits per heavy atom. The van der Waals surface area contributed by atoms with E-state index in [0.717, 1.165) is 30.7 Å². The van der Waals surface area contributed by atoms with Crippen LogP contribution in [-0.4, -0.2) is 49.8 Å². The number of carbonyl (C=O) groups is 1. The maximum atomic E-state index is 12.5. The minimum atomic E-state index is -0.179. The molecule has 0 radical (unpaired) electrons. The van der Waals surface area contributed by atoms with Crippen molar-refractivity contribution in [1.29, 1.82) is 0 Å². The first-order valence-corrected chi connectivity index (χ1v) is 8.09. The summed E-state index contributed by atoms with van der Waals surface area (Å²) in [7, 11) is 1.74. The Labute approximate surface area is 123 Å². The highest BCUT2D eigenvalue weighted by molar-refractivity contribution is 7.12. The molecule has 0 bridgehead atoms. The van der Waals surface area contributed by atoms with Gasteiger partial charge in [-0.05, 0) is 24.3 Å². The molecule has 20 heavy (non-hydrogen) atoms. The van der Waals surface area contributed by atoms with E-state index in [-0.39, 0.29) is 11.5 Å². The van der Waals surface area contributed by atoms with Crippen LogP contribution in [-0.2, 0) is 9.47 Å². The highest BCUT2D eigenvalue weighted by Gasteiger charge is 2.47. The lowest BCUT2D eigenvalue weighted by atomic mass is 9.89. The van der Waals surface area contributed by atoms with Crippen molar-refractivity contribution < 1.29 is 14.3 Å². The van der Waals surface area contributed by atoms with Gasteiger partial charge in [0.05, 0.1) is 30.2 Å². The molecule has 2 fully saturated rings. The lowest BCUT2D eigenvalue weighted by molar-refractivity contribution is -0.130. The Kier molecular flexibility index (Phi) is 4.10. The molecule has 2 atom stereocenters. The van der Waals surface area contributed by atoms with Crippen LogP contribution in [0.25, 0.3) is 0 Å². The predicted octanol–water partition coefficient (Wildman–Crippen LogP) is 2.41. The van der Waals surface area contributed by atoms with E-state index in [0.29, 0.717) is 25.6 Å². The number of thiophene rings is 1. The largest absolute Gasteiger partial charge is 0.384 e. The van der Waals surface area contributed by atoms with Gasteiger partial charge in [0.2, 0.25) is 0 Å². The predicted molar refractivity (Wildman–Crippen MR) is 78.1 cm³/mol. The zero-order valence-electron chi connectivity index (χ0n) is 11.8. The highest BCUT2D eigenvalue weighted by atomic mass is 32.1. The van der Waals surface area contributed by atoms with E-state index in [4.69, 9.17) is 9.47 Å². The minimum absolute atomic E-state index is 0.144. The molecular formula is C15H21NO3S. The van der Waals surface area contributed by atoms with Crippen LogP contribution >= 0.6 is 11.3 Å². The van der Waals surface area contributed by atoms with Gasteiger partial charge >= 0.3 is 0 Å². The Bertz CT molecular complexity index is 462. The monoisotopic (exact) mass is 295 g/mol. The van der Waals surface area contributed by atoms with Crippen LogP contribution in [0, 0.1) is 5.92 Å². The number of hydrogen-bond donors (Lipinski definition) is 0. The summed E-state index contributed by atoms with van der Waals surface area (Å²) < 4.78 is 11.5. The normalized spacial score (nSPS) is 30.1. The molecule has 110 valence electrons. The number of rotatable bonds is 3. The molecule has 5 heteroatoms. The number of morpholine rings is 1. The highest BCUT2D eigenvalue weighted by Crippen LogP contribution is 2.41. The second-order valence-electron chi connectivity index (χ2n) is 5.66. The van der Waals surface area contributed by atoms with Crippen molar-refractivity contribution in [3.8, 4) is 0 Å². The van der Waals surface area contributed by atoms with Gasteiger partial charge < -0.3 is 14.4 Å². The maximum Gasteiger partial charge on any atom is 0.264 e. The molecule has 1 aliphatic heterocycles. The third-order valence-corrected chi connectivity index (χ3v) is 5.35. The van der Waals surface area contributed by atoms with Gasteiger partial charge in [-0.15, -0.1) is 11.3 Å². The molecule has 3 rings (SSSR count). The average molecular weight is 295 g/mol. The molecule has 2 heterocycles. The number of hydrogen-bond acceptors (Lipinski definition) is 4. The summed E-state index contributed by atoms with van der Waals surface area (Å²) in [6, 6.07) is 3.83. The van der Waals surface area contributed by atoms with Gasteiger partial charge in [-0.2, -0.15) is 0 Å². The smallest absolute Gasteiger partial charge is 0.264 e. The van der Waals surface area contributed by atoms with E-state index in [2.05, 4.69) is 0 Å². The second kappa shape index (κ2) is 5.84. The molecule has 1 spiro atoms. The fourth-order valence-corrected chi connectivity index (χ4v) is 4.18. The van der Waals surface area contributed by atoms with E-state index in [9.17, 15) is 4.79 Å². The summed E-state index contributed by atoms with van der Waals surface area (Å²) in [5.74, 6) is 0.553. The van der Waals surface area contributed by atoms with Crippen LogP contribution in [0.1, 0.15) is 28.9 Å². The van der Waals surface area contributed by atoms with Gasteiger partial charge in [0.15, 0.2) is 0 Å². The van der Waals surface area contributed by atoms with Crippen molar-refractivity contribution in [3.63, 3.8) is 0 Å². The van der Waals surface area contributed by atoms with Crippen LogP contribution in [0.2, 0.25) is 0 Å². The lowest BCUT2D eigenvalue weighted by Crippen LogP contribution is -2.56. The molecule has 0 N–H and O–H groups in total. The second-order valence-corrected chi connectivity index (χ2v) is 6.61. The molecule has 4 nitrogen and oxygen atoms in total. The molecular weight excluding hydrogens is 274 g/mol. The summed E-state index contributed by atoms with van der Waals surface area (Å²) in [6.07, 6.45) is 3.33. The Balaban J connectivity index is 1.74. The van der Waals surface area contributed by atoms with Crippen LogP contribution in [0.3, 0.4) is 0 Å². The zero-order valence-corrected chi connectivity index (χ0v) is 12.7. The number of methoxy groups -OCH3 is 1. The van der Waals surface area contributed by atoms with Gasteiger partial charge in [0.1, 0.15) is 0 Å². The van der Waals surface area contributed by atoms with Gasteiger partial charge in [0.25, 0.3) is 5.91 Å². The van der Waals surface area contributed by atoms with Gasteiger partial charge in [0, 0.05) is 19.6 Å². The SMILES string of the molecule is COC[C@@H]1CCC[C@@]12CN(C(=O)c1cccs1)CCO2. The fraction of sp³-hybridized carbons (Fsp3) is 0.667. The number of ether oxygens (including phenoxy) is 2. The molecule has 1 saturated carbocycles. The first-order chi connectivity index (χ1) is 9.75. The summed E-state index contributed by atoms with van der Waals surface area (Å²) in [4.78, 5) is 15.3. The van der Waals surface area contributed by atoms with Crippen molar-refractivity contribution in [2.75, 3.05) is 33.4 Å². The maximum absolute atomic E-state index is 12.5. The van der Waals surface area contributed by atoms with Gasteiger partial charge in [-0.25, -0.2) is 0 Å². The van der Waals surface area contributed by atoms with Crippen LogP contribution in [0.4, 0.5) is 0 Å². The summed E-state index contributed by atoms with van der Waals surface area (Å²) in [5.41, 5.74) is -0.179. The van der Waals surface area contributed by atoms with Gasteiger partial charge in [-0.1, -0.05) is 12.5 Å². The van der Waals surface area contributed by atoms with E-state index >= 15 is 0 Å². The van der Waals surface area contributed by atoms with Crippen molar-refractivity contribution in [3.05, 3.63) is 22.4 Å². The van der Waals surface area contributed by atoms with Crippen molar-refractivity contribution in [2.24, 2.45) is 5.92 Å². The standard InChI is InChI=1S/C15H21NO3S/c1-18-10-12-4-2-6-15(12)11-16(7-8-19-15)14(17)13-5-3-9-20-13/h3,5,9,12H,2,4,6-8,10-11H2,1H3/t12-,15+/m0/s1. The third-order valence-electron chi connectivity index (χ3n) is 4.49. The topological polar surface area (TPSA) is 38.8 Å². The van der Waals surface area contributed by atoms with E-state index in [1.165, 1.54) is 11.3 Å². The van der Waals surface area contributed by atoms with E-state index in [1.807, 2.05) is 22.4 Å². The van der Waals surface area contributed by atoms with Crippen molar-refractivity contribution in [2.45, 2.75) is 24.9 Å². The molecule has 1 amide bonds. The molecule has 0 unspecified atom stereocenters. The average Bonchev–Trinajstić information content (AvgIpc) is 3.10. The first-order valence-electron chi connectivity index (χ1n) is 7.21. The van der Waals surface area contributed by atoms with Crippen LogP contribution < -0.4 is 0 Å². The summed E-state index contributed by atoms with van der Waals surface area (Å²) in [6.45, 7) is 2.76. The third kappa shape index (κ3) is 2.50. The Morgan fingerprint density at radius 3 is 3.30 bits per heavy atom. The zero-order chi connectivity index (χ0) is 14.0. The van der Waals surface area contributed by atoms with E-state index in [1.54, 1.807) is 7.11 Å². The lowest BCUT2D eigenvalue weighted by Gasteiger charge is -2.43. The molecule has 0 aromatic carbocycles. The minimum Gasteiger partial charge on any atom is -0.384 e. The summed E-state index contributed by atoms with van der Waals surface area (Å²) in [5, 5.41) is 1.95. The van der Waals surface area contributed by atoms with Crippen molar-refractivity contribution in [1.82, 2.24) is 4.90 Å². The Morgan fingerprint density at radius 2 is 2.55 bits per heavy atom. The number of amides is 1. The van der Waals surface area contributed by atoms with Crippen LogP contribution in [0.5, 0.6) is 0 Å². The fourth-order valence-electron chi connectivity index (χ4n) is 3.49. The van der Waals surface area contributed by atoms with Gasteiger partial charge in [-0.3, -0.25) is 4.79 Å². The first kappa shape index (κ1) is 14.0. The quantitative estimate of drug-likeness (QED) is 0.859. The Hall–Kier alpha value is -0.910. The van der Waals surface area contributed by atoms with Crippen LogP contribution in [0.15, 0.2) is 17.5 Å². The van der Waals surface area contributed by atoms with E-state index < -0.39 is 0 Å². The molecule has 2 aliphatic rings. The molecule has 1 saturated heterocycles. The molecule has 1 aromatic rings. The molecule has 1 aliphatic carbocycles. The molecule has 1 aromatic heterocycles. The van der Waals surface area contributed by atoms with Crippen molar-refractivity contribution >= 4 is 17.2 Å². The summed E-state index contributed by atoms with van der Waals surface area (Å²) >= 11 is 1.51. The number of nitrogens with zero attached hydrogens (tertiary/aromatic N) is 1.